The predicted octanol–water partition coefficient (Wildman–Crippen LogP) is 2.93. The Morgan fingerprint density at radius 2 is 1.93 bits per heavy atom. The maximum atomic E-state index is 10.7. The number of hydrogen-bond donors (Lipinski definition) is 0. The number of carbonyl (C=O) groups excluding carboxylic acids is 1. The first-order chi connectivity index (χ1) is 6.65. The van der Waals surface area contributed by atoms with Crippen LogP contribution in [0.3, 0.4) is 0 Å². The van der Waals surface area contributed by atoms with E-state index in [1.165, 1.54) is 20.3 Å². The zero-order chi connectivity index (χ0) is 10.7. The highest BCUT2D eigenvalue weighted by Gasteiger charge is 2.16. The summed E-state index contributed by atoms with van der Waals surface area (Å²) in [4.78, 5) is 10.7. The highest BCUT2D eigenvalue weighted by molar-refractivity contribution is 9.10. The molecular formula is C9H8BrClO3. The molecule has 0 fully saturated rings. The fourth-order valence-electron chi connectivity index (χ4n) is 1.06. The Kier molecular flexibility index (Phi) is 3.77. The van der Waals surface area contributed by atoms with Crippen LogP contribution in [0.1, 0.15) is 10.4 Å². The molecular weight excluding hydrogens is 271 g/mol. The molecule has 1 aromatic carbocycles. The smallest absolute Gasteiger partial charge is 0.180 e. The first-order valence-corrected chi connectivity index (χ1v) is 4.88. The average Bonchev–Trinajstić information content (AvgIpc) is 2.20. The van der Waals surface area contributed by atoms with Crippen molar-refractivity contribution >= 4 is 33.8 Å². The van der Waals surface area contributed by atoms with Crippen molar-refractivity contribution in [2.45, 2.75) is 0 Å². The monoisotopic (exact) mass is 278 g/mol. The van der Waals surface area contributed by atoms with Gasteiger partial charge in [0.1, 0.15) is 0 Å². The van der Waals surface area contributed by atoms with E-state index in [9.17, 15) is 4.79 Å². The van der Waals surface area contributed by atoms with Gasteiger partial charge in [0.15, 0.2) is 17.8 Å². The first-order valence-electron chi connectivity index (χ1n) is 3.70. The quantitative estimate of drug-likeness (QED) is 0.798. The molecule has 14 heavy (non-hydrogen) atoms. The number of hydrogen-bond acceptors (Lipinski definition) is 3. The molecule has 0 aliphatic heterocycles. The fourth-order valence-corrected chi connectivity index (χ4v) is 1.89. The molecule has 3 nitrogen and oxygen atoms in total. The number of halogens is 2. The summed E-state index contributed by atoms with van der Waals surface area (Å²) in [5, 5.41) is 0.342. The summed E-state index contributed by atoms with van der Waals surface area (Å²) in [6.45, 7) is 0. The highest BCUT2D eigenvalue weighted by Crippen LogP contribution is 2.42. The number of benzene rings is 1. The fraction of sp³-hybridized carbons (Fsp3) is 0.222. The number of aldehydes is 1. The molecule has 0 N–H and O–H groups in total. The number of methoxy groups -OCH3 is 2. The lowest BCUT2D eigenvalue weighted by Crippen LogP contribution is -1.95. The zero-order valence-electron chi connectivity index (χ0n) is 7.64. The number of ether oxygens (including phenoxy) is 2. The van der Waals surface area contributed by atoms with Crippen LogP contribution in [-0.2, 0) is 0 Å². The van der Waals surface area contributed by atoms with E-state index in [2.05, 4.69) is 15.9 Å². The van der Waals surface area contributed by atoms with Gasteiger partial charge in [0, 0.05) is 5.56 Å². The molecule has 0 saturated heterocycles. The van der Waals surface area contributed by atoms with Gasteiger partial charge in [0.05, 0.1) is 23.7 Å². The van der Waals surface area contributed by atoms with Crippen molar-refractivity contribution in [3.63, 3.8) is 0 Å². The molecule has 76 valence electrons. The Labute approximate surface area is 95.1 Å². The molecule has 5 heteroatoms. The molecule has 0 aliphatic carbocycles. The maximum Gasteiger partial charge on any atom is 0.180 e. The zero-order valence-corrected chi connectivity index (χ0v) is 9.98. The van der Waals surface area contributed by atoms with Crippen molar-refractivity contribution in [3.05, 3.63) is 21.1 Å². The lowest BCUT2D eigenvalue weighted by Gasteiger charge is -2.12. The van der Waals surface area contributed by atoms with Crippen molar-refractivity contribution in [2.75, 3.05) is 14.2 Å². The van der Waals surface area contributed by atoms with Crippen molar-refractivity contribution in [3.8, 4) is 11.5 Å². The van der Waals surface area contributed by atoms with Crippen molar-refractivity contribution in [1.29, 1.82) is 0 Å². The minimum absolute atomic E-state index is 0.342. The van der Waals surface area contributed by atoms with Gasteiger partial charge < -0.3 is 9.47 Å². The van der Waals surface area contributed by atoms with Gasteiger partial charge in [-0.05, 0) is 22.0 Å². The van der Waals surface area contributed by atoms with Gasteiger partial charge in [-0.15, -0.1) is 0 Å². The average molecular weight is 280 g/mol. The van der Waals surface area contributed by atoms with Crippen molar-refractivity contribution < 1.29 is 14.3 Å². The van der Waals surface area contributed by atoms with Gasteiger partial charge >= 0.3 is 0 Å². The Balaban J connectivity index is 3.47. The summed E-state index contributed by atoms with van der Waals surface area (Å²) >= 11 is 9.11. The van der Waals surface area contributed by atoms with Gasteiger partial charge in [-0.3, -0.25) is 4.79 Å². The van der Waals surface area contributed by atoms with Crippen LogP contribution in [0, 0.1) is 0 Å². The maximum absolute atomic E-state index is 10.7. The molecule has 0 atom stereocenters. The highest BCUT2D eigenvalue weighted by atomic mass is 79.9. The van der Waals surface area contributed by atoms with E-state index >= 15 is 0 Å². The second-order valence-corrected chi connectivity index (χ2v) is 3.65. The molecule has 0 spiro atoms. The van der Waals surface area contributed by atoms with E-state index in [1.807, 2.05) is 0 Å². The number of carbonyl (C=O) groups is 1. The van der Waals surface area contributed by atoms with E-state index in [4.69, 9.17) is 21.1 Å². The van der Waals surface area contributed by atoms with E-state index in [0.29, 0.717) is 32.8 Å². The van der Waals surface area contributed by atoms with Crippen molar-refractivity contribution in [1.82, 2.24) is 0 Å². The van der Waals surface area contributed by atoms with Crippen LogP contribution < -0.4 is 9.47 Å². The molecule has 0 bridgehead atoms. The Bertz CT molecular complexity index is 366. The predicted molar refractivity (Wildman–Crippen MR) is 57.6 cm³/mol. The van der Waals surface area contributed by atoms with Crippen LogP contribution in [0.2, 0.25) is 5.02 Å². The normalized spacial score (nSPS) is 9.71. The minimum atomic E-state index is 0.342. The van der Waals surface area contributed by atoms with Gasteiger partial charge in [-0.1, -0.05) is 11.6 Å². The lowest BCUT2D eigenvalue weighted by atomic mass is 10.2. The topological polar surface area (TPSA) is 35.5 Å². The van der Waals surface area contributed by atoms with Gasteiger partial charge in [-0.2, -0.15) is 0 Å². The molecule has 0 aliphatic rings. The minimum Gasteiger partial charge on any atom is -0.492 e. The summed E-state index contributed by atoms with van der Waals surface area (Å²) in [7, 11) is 2.96. The SMILES string of the molecule is COc1c(Cl)cc(C=O)c(Br)c1OC. The number of rotatable bonds is 3. The van der Waals surface area contributed by atoms with Crippen LogP contribution >= 0.6 is 27.5 Å². The third-order valence-electron chi connectivity index (χ3n) is 1.69. The second-order valence-electron chi connectivity index (χ2n) is 2.45. The van der Waals surface area contributed by atoms with Crippen LogP contribution in [0.25, 0.3) is 0 Å². The standard InChI is InChI=1S/C9H8BrClO3/c1-13-8-6(11)3-5(4-12)7(10)9(8)14-2/h3-4H,1-2H3. The molecule has 0 radical (unpaired) electrons. The molecule has 0 amide bonds. The van der Waals surface area contributed by atoms with Crippen LogP contribution in [-0.4, -0.2) is 20.5 Å². The Morgan fingerprint density at radius 3 is 2.36 bits per heavy atom. The molecule has 1 rings (SSSR count). The molecule has 1 aromatic rings. The van der Waals surface area contributed by atoms with Crippen LogP contribution in [0.4, 0.5) is 0 Å². The van der Waals surface area contributed by atoms with Gasteiger partial charge in [0.25, 0.3) is 0 Å². The molecule has 0 heterocycles. The van der Waals surface area contributed by atoms with Crippen LogP contribution in [0.15, 0.2) is 10.5 Å². The summed E-state index contributed by atoms with van der Waals surface area (Å²) < 4.78 is 10.7. The van der Waals surface area contributed by atoms with Crippen molar-refractivity contribution in [2.24, 2.45) is 0 Å². The molecule has 0 saturated carbocycles. The first kappa shape index (κ1) is 11.3. The molecule has 0 aromatic heterocycles. The van der Waals surface area contributed by atoms with Gasteiger partial charge in [-0.25, -0.2) is 0 Å². The third-order valence-corrected chi connectivity index (χ3v) is 2.79. The van der Waals surface area contributed by atoms with E-state index in [-0.39, 0.29) is 0 Å². The Morgan fingerprint density at radius 1 is 1.36 bits per heavy atom. The third kappa shape index (κ3) is 1.86. The molecule has 0 unspecified atom stereocenters. The lowest BCUT2D eigenvalue weighted by molar-refractivity contribution is 0.112. The van der Waals surface area contributed by atoms with Crippen LogP contribution in [0.5, 0.6) is 11.5 Å². The summed E-state index contributed by atoms with van der Waals surface area (Å²) in [5.74, 6) is 0.828. The summed E-state index contributed by atoms with van der Waals surface area (Å²) in [6.07, 6.45) is 0.692. The van der Waals surface area contributed by atoms with E-state index in [1.54, 1.807) is 0 Å². The summed E-state index contributed by atoms with van der Waals surface area (Å²) in [5.41, 5.74) is 0.424. The largest absolute Gasteiger partial charge is 0.492 e. The van der Waals surface area contributed by atoms with E-state index in [0.717, 1.165) is 0 Å². The Hall–Kier alpha value is -0.740. The summed E-state index contributed by atoms with van der Waals surface area (Å²) in [6, 6.07) is 1.51. The van der Waals surface area contributed by atoms with E-state index < -0.39 is 0 Å². The van der Waals surface area contributed by atoms with Gasteiger partial charge in [0.2, 0.25) is 0 Å². The second kappa shape index (κ2) is 4.66.